The van der Waals surface area contributed by atoms with Crippen LogP contribution in [0.5, 0.6) is 0 Å². The van der Waals surface area contributed by atoms with Crippen molar-refractivity contribution in [2.75, 3.05) is 0 Å². The monoisotopic (exact) mass is 305 g/mol. The van der Waals surface area contributed by atoms with Crippen molar-refractivity contribution in [3.05, 3.63) is 59.7 Å². The second-order valence-corrected chi connectivity index (χ2v) is 4.73. The van der Waals surface area contributed by atoms with E-state index in [0.29, 0.717) is 23.1 Å². The molecule has 1 amide bonds. The Morgan fingerprint density at radius 1 is 1.09 bits per heavy atom. The Morgan fingerprint density at radius 3 is 2.18 bits per heavy atom. The third kappa shape index (κ3) is 3.88. The first-order valence-electron chi connectivity index (χ1n) is 6.47. The lowest BCUT2D eigenvalue weighted by molar-refractivity contribution is -0.140. The molecule has 0 aromatic heterocycles. The molecule has 0 aliphatic rings. The van der Waals surface area contributed by atoms with Crippen molar-refractivity contribution in [1.29, 1.82) is 0 Å². The fourth-order valence-electron chi connectivity index (χ4n) is 2.09. The molecule has 4 nitrogen and oxygen atoms in total. The van der Waals surface area contributed by atoms with E-state index in [-0.39, 0.29) is 6.42 Å². The maximum absolute atomic E-state index is 13.2. The first-order valence-corrected chi connectivity index (χ1v) is 6.47. The van der Waals surface area contributed by atoms with Crippen LogP contribution in [0, 0.1) is 11.6 Å². The summed E-state index contributed by atoms with van der Waals surface area (Å²) in [5, 5.41) is 11.2. The molecule has 0 saturated carbocycles. The lowest BCUT2D eigenvalue weighted by atomic mass is 10.0. The van der Waals surface area contributed by atoms with Gasteiger partial charge in [-0.05, 0) is 28.8 Å². The Morgan fingerprint density at radius 2 is 1.68 bits per heavy atom. The van der Waals surface area contributed by atoms with E-state index in [1.54, 1.807) is 24.3 Å². The minimum atomic E-state index is -1.14. The Labute approximate surface area is 125 Å². The lowest BCUT2D eigenvalue weighted by Gasteiger charge is -2.11. The van der Waals surface area contributed by atoms with Gasteiger partial charge in [0, 0.05) is 12.5 Å². The topological polar surface area (TPSA) is 66.4 Å². The maximum Gasteiger partial charge on any atom is 0.326 e. The molecule has 0 bridgehead atoms. The van der Waals surface area contributed by atoms with Crippen LogP contribution in [0.15, 0.2) is 42.5 Å². The van der Waals surface area contributed by atoms with Crippen molar-refractivity contribution in [3.63, 3.8) is 0 Å². The first-order chi connectivity index (χ1) is 10.5. The third-order valence-corrected chi connectivity index (χ3v) is 3.16. The smallest absolute Gasteiger partial charge is 0.326 e. The summed E-state index contributed by atoms with van der Waals surface area (Å²) in [7, 11) is 0. The van der Waals surface area contributed by atoms with Crippen LogP contribution < -0.4 is 5.32 Å². The van der Waals surface area contributed by atoms with Crippen molar-refractivity contribution in [2.45, 2.75) is 12.5 Å². The molecule has 2 rings (SSSR count). The second-order valence-electron chi connectivity index (χ2n) is 4.73. The van der Waals surface area contributed by atoms with Crippen LogP contribution in [-0.2, 0) is 16.0 Å². The molecular formula is C16H13F2NO3. The van der Waals surface area contributed by atoms with Gasteiger partial charge < -0.3 is 10.4 Å². The number of nitrogens with one attached hydrogen (secondary N) is 1. The molecule has 2 aromatic carbocycles. The molecule has 0 saturated heterocycles. The fraction of sp³-hybridized carbons (Fsp3) is 0.125. The average Bonchev–Trinajstić information content (AvgIpc) is 2.46. The molecule has 1 atom stereocenters. The molecule has 0 aliphatic heterocycles. The van der Waals surface area contributed by atoms with Gasteiger partial charge in [-0.15, -0.1) is 0 Å². The summed E-state index contributed by atoms with van der Waals surface area (Å²) in [4.78, 5) is 21.3. The molecule has 114 valence electrons. The van der Waals surface area contributed by atoms with Crippen LogP contribution in [0.1, 0.15) is 5.56 Å². The number of carboxylic acids is 1. The zero-order valence-corrected chi connectivity index (χ0v) is 11.4. The standard InChI is InChI=1S/C16H13F2NO3/c17-13-6-12(7-14(18)8-13)11-3-1-10(2-4-11)5-15(16(21)22)19-9-20/h1-4,6-9,15H,5H2,(H,19,20)(H,21,22). The van der Waals surface area contributed by atoms with Gasteiger partial charge in [-0.1, -0.05) is 24.3 Å². The average molecular weight is 305 g/mol. The number of aliphatic carboxylic acids is 1. The number of amides is 1. The summed E-state index contributed by atoms with van der Waals surface area (Å²) in [5.74, 6) is -2.47. The highest BCUT2D eigenvalue weighted by Gasteiger charge is 2.16. The number of benzene rings is 2. The second kappa shape index (κ2) is 6.80. The zero-order valence-electron chi connectivity index (χ0n) is 11.4. The minimum Gasteiger partial charge on any atom is -0.480 e. The van der Waals surface area contributed by atoms with Gasteiger partial charge >= 0.3 is 5.97 Å². The van der Waals surface area contributed by atoms with Crippen molar-refractivity contribution in [2.24, 2.45) is 0 Å². The van der Waals surface area contributed by atoms with Crippen LogP contribution in [-0.4, -0.2) is 23.5 Å². The van der Waals surface area contributed by atoms with E-state index in [9.17, 15) is 18.4 Å². The molecule has 0 aliphatic carbocycles. The van der Waals surface area contributed by atoms with Crippen molar-refractivity contribution < 1.29 is 23.5 Å². The van der Waals surface area contributed by atoms with Crippen LogP contribution in [0.3, 0.4) is 0 Å². The molecule has 22 heavy (non-hydrogen) atoms. The fourth-order valence-corrected chi connectivity index (χ4v) is 2.09. The summed E-state index contributed by atoms with van der Waals surface area (Å²) in [5.41, 5.74) is 1.68. The van der Waals surface area contributed by atoms with E-state index in [0.717, 1.165) is 6.07 Å². The highest BCUT2D eigenvalue weighted by molar-refractivity contribution is 5.76. The first kappa shape index (κ1) is 15.6. The van der Waals surface area contributed by atoms with Gasteiger partial charge in [0.25, 0.3) is 0 Å². The summed E-state index contributed by atoms with van der Waals surface area (Å²) >= 11 is 0. The van der Waals surface area contributed by atoms with Gasteiger partial charge in [-0.25, -0.2) is 13.6 Å². The van der Waals surface area contributed by atoms with E-state index >= 15 is 0 Å². The summed E-state index contributed by atoms with van der Waals surface area (Å²) in [6.07, 6.45) is 0.453. The molecule has 2 aromatic rings. The molecule has 0 fully saturated rings. The number of carboxylic acid groups (broad SMARTS) is 1. The van der Waals surface area contributed by atoms with E-state index in [1.807, 2.05) is 0 Å². The molecular weight excluding hydrogens is 292 g/mol. The van der Waals surface area contributed by atoms with Crippen LogP contribution >= 0.6 is 0 Å². The third-order valence-electron chi connectivity index (χ3n) is 3.16. The highest BCUT2D eigenvalue weighted by Crippen LogP contribution is 2.22. The van der Waals surface area contributed by atoms with Gasteiger partial charge in [0.1, 0.15) is 17.7 Å². The molecule has 0 spiro atoms. The summed E-state index contributed by atoms with van der Waals surface area (Å²) in [6, 6.07) is 8.79. The van der Waals surface area contributed by atoms with E-state index in [2.05, 4.69) is 5.32 Å². The molecule has 0 heterocycles. The number of hydrogen-bond acceptors (Lipinski definition) is 2. The Balaban J connectivity index is 2.19. The molecule has 0 radical (unpaired) electrons. The van der Waals surface area contributed by atoms with Crippen LogP contribution in [0.4, 0.5) is 8.78 Å². The van der Waals surface area contributed by atoms with Gasteiger partial charge in [-0.3, -0.25) is 4.79 Å². The number of carbonyl (C=O) groups is 2. The summed E-state index contributed by atoms with van der Waals surface area (Å²) < 4.78 is 26.4. The molecule has 2 N–H and O–H groups in total. The zero-order chi connectivity index (χ0) is 16.1. The van der Waals surface area contributed by atoms with Gasteiger partial charge in [0.2, 0.25) is 6.41 Å². The Hall–Kier alpha value is -2.76. The number of halogens is 2. The molecule has 1 unspecified atom stereocenters. The van der Waals surface area contributed by atoms with Crippen molar-refractivity contribution >= 4 is 12.4 Å². The quantitative estimate of drug-likeness (QED) is 0.805. The largest absolute Gasteiger partial charge is 0.480 e. The van der Waals surface area contributed by atoms with E-state index in [1.165, 1.54) is 12.1 Å². The van der Waals surface area contributed by atoms with E-state index in [4.69, 9.17) is 5.11 Å². The number of carbonyl (C=O) groups excluding carboxylic acids is 1. The SMILES string of the molecule is O=CNC(Cc1ccc(-c2cc(F)cc(F)c2)cc1)C(=O)O. The predicted octanol–water partition coefficient (Wildman–Crippen LogP) is 2.37. The van der Waals surface area contributed by atoms with Crippen LogP contribution in [0.25, 0.3) is 11.1 Å². The van der Waals surface area contributed by atoms with Gasteiger partial charge in [0.05, 0.1) is 0 Å². The van der Waals surface area contributed by atoms with Crippen molar-refractivity contribution in [1.82, 2.24) is 5.32 Å². The highest BCUT2D eigenvalue weighted by atomic mass is 19.1. The number of rotatable bonds is 6. The van der Waals surface area contributed by atoms with Crippen LogP contribution in [0.2, 0.25) is 0 Å². The maximum atomic E-state index is 13.2. The molecule has 6 heteroatoms. The Bertz CT molecular complexity index is 666. The van der Waals surface area contributed by atoms with E-state index < -0.39 is 23.6 Å². The predicted molar refractivity (Wildman–Crippen MR) is 76.1 cm³/mol. The minimum absolute atomic E-state index is 0.117. The van der Waals surface area contributed by atoms with Crippen molar-refractivity contribution in [3.8, 4) is 11.1 Å². The normalized spacial score (nSPS) is 11.7. The van der Waals surface area contributed by atoms with Gasteiger partial charge in [-0.2, -0.15) is 0 Å². The lowest BCUT2D eigenvalue weighted by Crippen LogP contribution is -2.37. The number of hydrogen-bond donors (Lipinski definition) is 2. The Kier molecular flexibility index (Phi) is 4.83. The summed E-state index contributed by atoms with van der Waals surface area (Å²) in [6.45, 7) is 0. The van der Waals surface area contributed by atoms with Gasteiger partial charge in [0.15, 0.2) is 0 Å².